The molecule has 1 fully saturated rings. The fourth-order valence-electron chi connectivity index (χ4n) is 2.21. The van der Waals surface area contributed by atoms with Crippen LogP contribution in [0, 0.1) is 5.41 Å². The van der Waals surface area contributed by atoms with Gasteiger partial charge in [-0.2, -0.15) is 0 Å². The molecule has 1 rings (SSSR count). The first-order valence-corrected chi connectivity index (χ1v) is 5.36. The Kier molecular flexibility index (Phi) is 3.93. The predicted molar refractivity (Wildman–Crippen MR) is 57.3 cm³/mol. The number of hydrogen-bond acceptors (Lipinski definition) is 3. The molecule has 2 unspecified atom stereocenters. The lowest BCUT2D eigenvalue weighted by Gasteiger charge is -2.31. The van der Waals surface area contributed by atoms with E-state index in [1.54, 1.807) is 7.11 Å². The van der Waals surface area contributed by atoms with Crippen LogP contribution in [0.5, 0.6) is 0 Å². The van der Waals surface area contributed by atoms with Gasteiger partial charge in [0.1, 0.15) is 0 Å². The summed E-state index contributed by atoms with van der Waals surface area (Å²) in [6.07, 6.45) is 1.99. The van der Waals surface area contributed by atoms with E-state index in [-0.39, 0.29) is 11.5 Å². The van der Waals surface area contributed by atoms with Gasteiger partial charge in [-0.3, -0.25) is 4.90 Å². The Labute approximate surface area is 87.1 Å². The molecule has 1 N–H and O–H groups in total. The summed E-state index contributed by atoms with van der Waals surface area (Å²) in [6, 6.07) is 0.306. The van der Waals surface area contributed by atoms with Crippen molar-refractivity contribution in [2.24, 2.45) is 5.41 Å². The van der Waals surface area contributed by atoms with Gasteiger partial charge >= 0.3 is 0 Å². The maximum Gasteiger partial charge on any atom is 0.0746 e. The molecule has 14 heavy (non-hydrogen) atoms. The molecule has 0 bridgehead atoms. The van der Waals surface area contributed by atoms with Crippen molar-refractivity contribution in [2.45, 2.75) is 38.8 Å². The molecular weight excluding hydrogens is 178 g/mol. The van der Waals surface area contributed by atoms with Gasteiger partial charge in [-0.05, 0) is 25.3 Å². The molecule has 1 aliphatic rings. The molecule has 0 aliphatic heterocycles. The van der Waals surface area contributed by atoms with Gasteiger partial charge in [-0.25, -0.2) is 0 Å². The molecule has 1 aliphatic carbocycles. The van der Waals surface area contributed by atoms with Crippen molar-refractivity contribution >= 4 is 0 Å². The zero-order valence-corrected chi connectivity index (χ0v) is 9.79. The monoisotopic (exact) mass is 201 g/mol. The lowest BCUT2D eigenvalue weighted by Crippen LogP contribution is -2.43. The molecule has 84 valence electrons. The molecule has 2 atom stereocenters. The lowest BCUT2D eigenvalue weighted by molar-refractivity contribution is 0.0163. The second-order valence-electron chi connectivity index (χ2n) is 5.01. The third-order valence-electron chi connectivity index (χ3n) is 3.46. The Bertz CT molecular complexity index is 182. The van der Waals surface area contributed by atoms with Gasteiger partial charge in [0.15, 0.2) is 0 Å². The fourth-order valence-corrected chi connectivity index (χ4v) is 2.21. The molecular formula is C11H23NO2. The Hall–Kier alpha value is -0.120. The molecule has 0 amide bonds. The number of rotatable bonds is 4. The van der Waals surface area contributed by atoms with Gasteiger partial charge < -0.3 is 9.84 Å². The molecule has 0 spiro atoms. The number of ether oxygens (including phenoxy) is 1. The van der Waals surface area contributed by atoms with Gasteiger partial charge in [0.25, 0.3) is 0 Å². The van der Waals surface area contributed by atoms with Crippen LogP contribution in [0.25, 0.3) is 0 Å². The number of methoxy groups -OCH3 is 1. The highest BCUT2D eigenvalue weighted by Crippen LogP contribution is 2.39. The summed E-state index contributed by atoms with van der Waals surface area (Å²) in [7, 11) is 3.77. The van der Waals surface area contributed by atoms with Gasteiger partial charge in [-0.1, -0.05) is 13.8 Å². The highest BCUT2D eigenvalue weighted by atomic mass is 16.5. The number of hydrogen-bond donors (Lipinski definition) is 1. The van der Waals surface area contributed by atoms with Crippen LogP contribution in [-0.4, -0.2) is 49.5 Å². The summed E-state index contributed by atoms with van der Waals surface area (Å²) in [5.74, 6) is 0. The summed E-state index contributed by atoms with van der Waals surface area (Å²) in [6.45, 7) is 5.91. The van der Waals surface area contributed by atoms with Crippen molar-refractivity contribution in [3.05, 3.63) is 0 Å². The van der Waals surface area contributed by atoms with Crippen LogP contribution in [0.3, 0.4) is 0 Å². The second-order valence-corrected chi connectivity index (χ2v) is 5.01. The summed E-state index contributed by atoms with van der Waals surface area (Å²) >= 11 is 0. The van der Waals surface area contributed by atoms with Crippen molar-refractivity contribution in [1.29, 1.82) is 0 Å². The van der Waals surface area contributed by atoms with E-state index < -0.39 is 0 Å². The topological polar surface area (TPSA) is 32.7 Å². The summed E-state index contributed by atoms with van der Waals surface area (Å²) in [5.41, 5.74) is 0.0754. The van der Waals surface area contributed by atoms with Crippen LogP contribution in [0.15, 0.2) is 0 Å². The van der Waals surface area contributed by atoms with Gasteiger partial charge in [-0.15, -0.1) is 0 Å². The van der Waals surface area contributed by atoms with E-state index in [2.05, 4.69) is 25.8 Å². The quantitative estimate of drug-likeness (QED) is 0.739. The average molecular weight is 201 g/mol. The summed E-state index contributed by atoms with van der Waals surface area (Å²) < 4.78 is 5.04. The van der Waals surface area contributed by atoms with E-state index in [0.29, 0.717) is 6.04 Å². The largest absolute Gasteiger partial charge is 0.391 e. The first-order chi connectivity index (χ1) is 6.49. The number of aliphatic hydroxyl groups excluding tert-OH is 1. The third-order valence-corrected chi connectivity index (χ3v) is 3.46. The fraction of sp³-hybridized carbons (Fsp3) is 1.00. The standard InChI is InChI=1S/C11H23NO2/c1-11(2)6-5-9(10(11)13)12(3)7-8-14-4/h9-10,13H,5-8H2,1-4H3. The van der Waals surface area contributed by atoms with Crippen LogP contribution < -0.4 is 0 Å². The van der Waals surface area contributed by atoms with Crippen LogP contribution in [0.2, 0.25) is 0 Å². The SMILES string of the molecule is COCCN(C)C1CCC(C)(C)C1O. The Morgan fingerprint density at radius 1 is 1.50 bits per heavy atom. The average Bonchev–Trinajstić information content (AvgIpc) is 2.39. The van der Waals surface area contributed by atoms with Crippen LogP contribution in [-0.2, 0) is 4.74 Å². The number of nitrogens with zero attached hydrogens (tertiary/aromatic N) is 1. The third kappa shape index (κ3) is 2.47. The van der Waals surface area contributed by atoms with Crippen molar-refractivity contribution in [3.63, 3.8) is 0 Å². The molecule has 0 aromatic heterocycles. The predicted octanol–water partition coefficient (Wildman–Crippen LogP) is 1.11. The number of likely N-dealkylation sites (N-methyl/N-ethyl adjacent to an activating group) is 1. The highest BCUT2D eigenvalue weighted by Gasteiger charge is 2.42. The Balaban J connectivity index is 2.46. The normalized spacial score (nSPS) is 31.3. The van der Waals surface area contributed by atoms with Crippen LogP contribution >= 0.6 is 0 Å². The van der Waals surface area contributed by atoms with Crippen LogP contribution in [0.1, 0.15) is 26.7 Å². The molecule has 0 radical (unpaired) electrons. The minimum atomic E-state index is -0.204. The highest BCUT2D eigenvalue weighted by molar-refractivity contribution is 4.95. The van der Waals surface area contributed by atoms with E-state index in [9.17, 15) is 5.11 Å². The van der Waals surface area contributed by atoms with E-state index in [1.807, 2.05) is 0 Å². The molecule has 3 nitrogen and oxygen atoms in total. The summed E-state index contributed by atoms with van der Waals surface area (Å²) in [4.78, 5) is 2.21. The minimum absolute atomic E-state index is 0.0754. The molecule has 0 aromatic carbocycles. The van der Waals surface area contributed by atoms with Crippen molar-refractivity contribution in [1.82, 2.24) is 4.90 Å². The van der Waals surface area contributed by atoms with Gasteiger partial charge in [0.2, 0.25) is 0 Å². The zero-order valence-electron chi connectivity index (χ0n) is 9.79. The molecule has 0 heterocycles. The zero-order chi connectivity index (χ0) is 10.8. The maximum absolute atomic E-state index is 10.1. The minimum Gasteiger partial charge on any atom is -0.391 e. The maximum atomic E-state index is 10.1. The Morgan fingerprint density at radius 3 is 2.57 bits per heavy atom. The van der Waals surface area contributed by atoms with Crippen molar-refractivity contribution in [2.75, 3.05) is 27.3 Å². The van der Waals surface area contributed by atoms with Crippen molar-refractivity contribution < 1.29 is 9.84 Å². The number of aliphatic hydroxyl groups is 1. The molecule has 0 aromatic rings. The molecule has 1 saturated carbocycles. The van der Waals surface area contributed by atoms with Gasteiger partial charge in [0.05, 0.1) is 12.7 Å². The first kappa shape index (κ1) is 12.0. The van der Waals surface area contributed by atoms with E-state index >= 15 is 0 Å². The van der Waals surface area contributed by atoms with Crippen molar-refractivity contribution in [3.8, 4) is 0 Å². The molecule has 0 saturated heterocycles. The van der Waals surface area contributed by atoms with Gasteiger partial charge in [0, 0.05) is 19.7 Å². The smallest absolute Gasteiger partial charge is 0.0746 e. The summed E-state index contributed by atoms with van der Waals surface area (Å²) in [5, 5.41) is 10.1. The lowest BCUT2D eigenvalue weighted by atomic mass is 9.89. The van der Waals surface area contributed by atoms with E-state index in [1.165, 1.54) is 0 Å². The van der Waals surface area contributed by atoms with Crippen LogP contribution in [0.4, 0.5) is 0 Å². The van der Waals surface area contributed by atoms with E-state index in [4.69, 9.17) is 4.74 Å². The van der Waals surface area contributed by atoms with E-state index in [0.717, 1.165) is 26.0 Å². The Morgan fingerprint density at radius 2 is 2.14 bits per heavy atom. The molecule has 3 heteroatoms. The second kappa shape index (κ2) is 4.60. The first-order valence-electron chi connectivity index (χ1n) is 5.36.